The summed E-state index contributed by atoms with van der Waals surface area (Å²) in [5, 5.41) is 0.628. The fraction of sp³-hybridized carbons (Fsp3) is 0.250. The minimum atomic E-state index is 0.628. The first-order chi connectivity index (χ1) is 9.10. The number of ether oxygens (including phenoxy) is 1. The van der Waals surface area contributed by atoms with Crippen LogP contribution >= 0.6 is 11.6 Å². The van der Waals surface area contributed by atoms with Crippen LogP contribution in [0.3, 0.4) is 0 Å². The Morgan fingerprint density at radius 1 is 1.05 bits per heavy atom. The summed E-state index contributed by atoms with van der Waals surface area (Å²) in [4.78, 5) is 0. The third-order valence-electron chi connectivity index (χ3n) is 2.99. The number of benzene rings is 2. The van der Waals surface area contributed by atoms with E-state index in [1.54, 1.807) is 0 Å². The van der Waals surface area contributed by atoms with Crippen molar-refractivity contribution in [1.82, 2.24) is 0 Å². The highest BCUT2D eigenvalue weighted by Gasteiger charge is 2.06. The second kappa shape index (κ2) is 6.09. The zero-order chi connectivity index (χ0) is 13.8. The van der Waals surface area contributed by atoms with Crippen LogP contribution < -0.4 is 10.5 Å². The summed E-state index contributed by atoms with van der Waals surface area (Å²) >= 11 is 6.19. The Balaban J connectivity index is 2.29. The van der Waals surface area contributed by atoms with Gasteiger partial charge in [0.15, 0.2) is 0 Å². The Kier molecular flexibility index (Phi) is 4.46. The van der Waals surface area contributed by atoms with E-state index in [0.29, 0.717) is 17.3 Å². The third-order valence-corrected chi connectivity index (χ3v) is 3.29. The van der Waals surface area contributed by atoms with Crippen LogP contribution in [0.5, 0.6) is 11.5 Å². The highest BCUT2D eigenvalue weighted by molar-refractivity contribution is 6.32. The van der Waals surface area contributed by atoms with Crippen LogP contribution in [0.1, 0.15) is 16.7 Å². The van der Waals surface area contributed by atoms with E-state index < -0.39 is 0 Å². The average Bonchev–Trinajstić information content (AvgIpc) is 2.37. The van der Waals surface area contributed by atoms with E-state index in [1.165, 1.54) is 5.56 Å². The first-order valence-electron chi connectivity index (χ1n) is 6.34. The molecule has 0 aliphatic carbocycles. The van der Waals surface area contributed by atoms with E-state index in [0.717, 1.165) is 23.3 Å². The summed E-state index contributed by atoms with van der Waals surface area (Å²) in [6, 6.07) is 11.9. The van der Waals surface area contributed by atoms with Crippen molar-refractivity contribution in [2.75, 3.05) is 6.54 Å². The molecule has 2 rings (SSSR count). The van der Waals surface area contributed by atoms with Gasteiger partial charge in [-0.1, -0.05) is 29.8 Å². The van der Waals surface area contributed by atoms with Crippen LogP contribution in [0.2, 0.25) is 5.02 Å². The summed E-state index contributed by atoms with van der Waals surface area (Å²) < 4.78 is 5.91. The fourth-order valence-electron chi connectivity index (χ4n) is 1.88. The zero-order valence-corrected chi connectivity index (χ0v) is 12.0. The van der Waals surface area contributed by atoms with Crippen molar-refractivity contribution in [1.29, 1.82) is 0 Å². The standard InChI is InChI=1S/C16H18ClNO/c1-11-3-6-15(14(17)9-11)19-16-10-13(7-8-18)5-4-12(16)2/h3-6,9-10H,7-8,18H2,1-2H3. The lowest BCUT2D eigenvalue weighted by atomic mass is 10.1. The second-order valence-corrected chi connectivity index (χ2v) is 5.08. The quantitative estimate of drug-likeness (QED) is 0.905. The maximum Gasteiger partial charge on any atom is 0.146 e. The van der Waals surface area contributed by atoms with Gasteiger partial charge in [-0.05, 0) is 61.7 Å². The topological polar surface area (TPSA) is 35.2 Å². The molecule has 0 spiro atoms. The molecule has 0 aliphatic heterocycles. The van der Waals surface area contributed by atoms with Crippen LogP contribution in [0, 0.1) is 13.8 Å². The van der Waals surface area contributed by atoms with Crippen molar-refractivity contribution in [3.05, 3.63) is 58.1 Å². The molecule has 2 aromatic carbocycles. The van der Waals surface area contributed by atoms with E-state index in [9.17, 15) is 0 Å². The Bertz CT molecular complexity index is 581. The van der Waals surface area contributed by atoms with E-state index in [-0.39, 0.29) is 0 Å². The minimum Gasteiger partial charge on any atom is -0.456 e. The van der Waals surface area contributed by atoms with Gasteiger partial charge in [-0.3, -0.25) is 0 Å². The molecule has 100 valence electrons. The molecule has 2 N–H and O–H groups in total. The van der Waals surface area contributed by atoms with Crippen molar-refractivity contribution in [2.24, 2.45) is 5.73 Å². The molecule has 0 aromatic heterocycles. The molecule has 0 aliphatic rings. The van der Waals surface area contributed by atoms with Gasteiger partial charge in [-0.2, -0.15) is 0 Å². The van der Waals surface area contributed by atoms with Crippen molar-refractivity contribution in [2.45, 2.75) is 20.3 Å². The van der Waals surface area contributed by atoms with Crippen LogP contribution in [0.15, 0.2) is 36.4 Å². The summed E-state index contributed by atoms with van der Waals surface area (Å²) in [6.45, 7) is 4.65. The smallest absolute Gasteiger partial charge is 0.146 e. The monoisotopic (exact) mass is 275 g/mol. The summed E-state index contributed by atoms with van der Waals surface area (Å²) in [6.07, 6.45) is 0.846. The lowest BCUT2D eigenvalue weighted by Crippen LogP contribution is -2.03. The largest absolute Gasteiger partial charge is 0.456 e. The Morgan fingerprint density at radius 3 is 2.53 bits per heavy atom. The molecule has 2 nitrogen and oxygen atoms in total. The molecular formula is C16H18ClNO. The number of aryl methyl sites for hydroxylation is 2. The minimum absolute atomic E-state index is 0.628. The Hall–Kier alpha value is -1.51. The Morgan fingerprint density at radius 2 is 1.84 bits per heavy atom. The fourth-order valence-corrected chi connectivity index (χ4v) is 2.16. The molecule has 19 heavy (non-hydrogen) atoms. The third kappa shape index (κ3) is 3.49. The lowest BCUT2D eigenvalue weighted by molar-refractivity contribution is 0.478. The number of nitrogens with two attached hydrogens (primary N) is 1. The molecule has 0 heterocycles. The molecule has 0 saturated carbocycles. The van der Waals surface area contributed by atoms with Gasteiger partial charge in [0.05, 0.1) is 5.02 Å². The van der Waals surface area contributed by atoms with E-state index in [2.05, 4.69) is 6.07 Å². The molecule has 0 saturated heterocycles. The second-order valence-electron chi connectivity index (χ2n) is 4.67. The molecule has 0 radical (unpaired) electrons. The van der Waals surface area contributed by atoms with Gasteiger partial charge >= 0.3 is 0 Å². The van der Waals surface area contributed by atoms with Gasteiger partial charge < -0.3 is 10.5 Å². The lowest BCUT2D eigenvalue weighted by Gasteiger charge is -2.12. The van der Waals surface area contributed by atoms with Gasteiger partial charge in [-0.25, -0.2) is 0 Å². The van der Waals surface area contributed by atoms with Crippen molar-refractivity contribution < 1.29 is 4.74 Å². The van der Waals surface area contributed by atoms with Crippen LogP contribution in [0.25, 0.3) is 0 Å². The maximum absolute atomic E-state index is 6.19. The summed E-state index contributed by atoms with van der Waals surface area (Å²) in [5.41, 5.74) is 8.95. The van der Waals surface area contributed by atoms with E-state index in [4.69, 9.17) is 22.1 Å². The van der Waals surface area contributed by atoms with Crippen LogP contribution in [-0.2, 0) is 6.42 Å². The highest BCUT2D eigenvalue weighted by Crippen LogP contribution is 2.32. The molecule has 0 unspecified atom stereocenters. The Labute approximate surface area is 119 Å². The molecule has 2 aromatic rings. The number of halogens is 1. The molecule has 0 fully saturated rings. The molecular weight excluding hydrogens is 258 g/mol. The average molecular weight is 276 g/mol. The first-order valence-corrected chi connectivity index (χ1v) is 6.71. The van der Waals surface area contributed by atoms with Crippen molar-refractivity contribution in [3.8, 4) is 11.5 Å². The normalized spacial score (nSPS) is 10.5. The number of hydrogen-bond acceptors (Lipinski definition) is 2. The van der Waals surface area contributed by atoms with Crippen LogP contribution in [0.4, 0.5) is 0 Å². The molecule has 0 amide bonds. The summed E-state index contributed by atoms with van der Waals surface area (Å²) in [5.74, 6) is 1.51. The van der Waals surface area contributed by atoms with E-state index in [1.807, 2.05) is 44.2 Å². The van der Waals surface area contributed by atoms with Crippen molar-refractivity contribution in [3.63, 3.8) is 0 Å². The summed E-state index contributed by atoms with van der Waals surface area (Å²) in [7, 11) is 0. The number of rotatable bonds is 4. The number of hydrogen-bond donors (Lipinski definition) is 1. The molecule has 0 bridgehead atoms. The van der Waals surface area contributed by atoms with Crippen LogP contribution in [-0.4, -0.2) is 6.54 Å². The molecule has 3 heteroatoms. The van der Waals surface area contributed by atoms with Gasteiger partial charge in [0.1, 0.15) is 11.5 Å². The van der Waals surface area contributed by atoms with Crippen molar-refractivity contribution >= 4 is 11.6 Å². The SMILES string of the molecule is Cc1ccc(Oc2cc(CCN)ccc2C)c(Cl)c1. The highest BCUT2D eigenvalue weighted by atomic mass is 35.5. The van der Waals surface area contributed by atoms with E-state index >= 15 is 0 Å². The predicted octanol–water partition coefficient (Wildman–Crippen LogP) is 4.25. The zero-order valence-electron chi connectivity index (χ0n) is 11.2. The van der Waals surface area contributed by atoms with Gasteiger partial charge in [0.25, 0.3) is 0 Å². The molecule has 0 atom stereocenters. The van der Waals surface area contributed by atoms with Gasteiger partial charge in [-0.15, -0.1) is 0 Å². The predicted molar refractivity (Wildman–Crippen MR) is 80.2 cm³/mol. The maximum atomic E-state index is 6.19. The van der Waals surface area contributed by atoms with Gasteiger partial charge in [0.2, 0.25) is 0 Å². The van der Waals surface area contributed by atoms with Gasteiger partial charge in [0, 0.05) is 0 Å². The first kappa shape index (κ1) is 13.9.